The Balaban J connectivity index is 0.000000342. The number of hydrogen-bond donors (Lipinski definition) is 1. The average molecular weight is 263 g/mol. The van der Waals surface area contributed by atoms with Crippen molar-refractivity contribution in [3.63, 3.8) is 0 Å². The number of oxime groups is 1. The van der Waals surface area contributed by atoms with E-state index in [2.05, 4.69) is 33.9 Å². The van der Waals surface area contributed by atoms with E-state index in [0.717, 1.165) is 11.4 Å². The number of carbonyl (C=O) groups excluding carboxylic acids is 1. The van der Waals surface area contributed by atoms with Gasteiger partial charge in [0.05, 0.1) is 6.61 Å². The molecular weight excluding hydrogens is 246 g/mol. The SMILES string of the molecule is CCOC(=O)C(C#N)=NO.Cc1cc(C)nc(C)c1. The van der Waals surface area contributed by atoms with Gasteiger partial charge in [0, 0.05) is 11.4 Å². The van der Waals surface area contributed by atoms with Crippen molar-refractivity contribution in [3.8, 4) is 6.07 Å². The zero-order chi connectivity index (χ0) is 14.8. The lowest BCUT2D eigenvalue weighted by Gasteiger charge is -1.96. The topological polar surface area (TPSA) is 95.6 Å². The van der Waals surface area contributed by atoms with Crippen molar-refractivity contribution in [2.45, 2.75) is 27.7 Å². The van der Waals surface area contributed by atoms with Crippen LogP contribution >= 0.6 is 0 Å². The predicted molar refractivity (Wildman–Crippen MR) is 69.9 cm³/mol. The minimum absolute atomic E-state index is 0.152. The molecule has 0 aromatic carbocycles. The molecule has 0 aliphatic heterocycles. The second kappa shape index (κ2) is 8.64. The van der Waals surface area contributed by atoms with Crippen LogP contribution < -0.4 is 0 Å². The molecule has 0 saturated carbocycles. The number of esters is 1. The third-order valence-electron chi connectivity index (χ3n) is 1.90. The van der Waals surface area contributed by atoms with Crippen molar-refractivity contribution < 1.29 is 14.7 Å². The van der Waals surface area contributed by atoms with E-state index in [-0.39, 0.29) is 6.61 Å². The minimum Gasteiger partial charge on any atom is -0.461 e. The molecule has 0 bridgehead atoms. The summed E-state index contributed by atoms with van der Waals surface area (Å²) in [7, 11) is 0. The summed E-state index contributed by atoms with van der Waals surface area (Å²) >= 11 is 0. The largest absolute Gasteiger partial charge is 0.461 e. The molecule has 0 spiro atoms. The van der Waals surface area contributed by atoms with Crippen LogP contribution in [0.4, 0.5) is 0 Å². The number of carbonyl (C=O) groups is 1. The first kappa shape index (κ1) is 16.6. The standard InChI is InChI=1S/C8H11N.C5H6N2O3/c1-6-4-7(2)9-8(3)5-6;1-2-10-5(8)4(3-6)7-9/h4-5H,1-3H3;9H,2H2,1H3. The Morgan fingerprint density at radius 3 is 2.26 bits per heavy atom. The van der Waals surface area contributed by atoms with Gasteiger partial charge in [0.1, 0.15) is 6.07 Å². The smallest absolute Gasteiger partial charge is 0.371 e. The van der Waals surface area contributed by atoms with Crippen molar-refractivity contribution in [1.82, 2.24) is 4.98 Å². The van der Waals surface area contributed by atoms with Gasteiger partial charge >= 0.3 is 5.97 Å². The molecule has 19 heavy (non-hydrogen) atoms. The van der Waals surface area contributed by atoms with E-state index in [0.29, 0.717) is 0 Å². The van der Waals surface area contributed by atoms with E-state index in [9.17, 15) is 4.79 Å². The summed E-state index contributed by atoms with van der Waals surface area (Å²) in [4.78, 5) is 14.7. The second-order valence-electron chi connectivity index (χ2n) is 3.71. The highest BCUT2D eigenvalue weighted by Crippen LogP contribution is 2.01. The Morgan fingerprint density at radius 2 is 1.95 bits per heavy atom. The molecule has 1 aromatic heterocycles. The first-order valence-electron chi connectivity index (χ1n) is 5.65. The van der Waals surface area contributed by atoms with Gasteiger partial charge in [0.25, 0.3) is 5.71 Å². The normalized spacial score (nSPS) is 9.95. The highest BCUT2D eigenvalue weighted by atomic mass is 16.5. The van der Waals surface area contributed by atoms with Crippen molar-refractivity contribution in [2.24, 2.45) is 5.16 Å². The molecule has 6 heteroatoms. The summed E-state index contributed by atoms with van der Waals surface area (Å²) in [6, 6.07) is 5.51. The number of rotatable bonds is 2. The van der Waals surface area contributed by atoms with Gasteiger partial charge in [0.15, 0.2) is 0 Å². The molecule has 102 valence electrons. The number of nitriles is 1. The quantitative estimate of drug-likeness (QED) is 0.380. The molecule has 1 N–H and O–H groups in total. The summed E-state index contributed by atoms with van der Waals surface area (Å²) < 4.78 is 4.33. The Hall–Kier alpha value is -2.42. The molecule has 0 unspecified atom stereocenters. The fourth-order valence-corrected chi connectivity index (χ4v) is 1.35. The molecule has 0 atom stereocenters. The van der Waals surface area contributed by atoms with E-state index in [1.807, 2.05) is 13.8 Å². The van der Waals surface area contributed by atoms with Gasteiger partial charge in [0.2, 0.25) is 0 Å². The zero-order valence-corrected chi connectivity index (χ0v) is 11.5. The maximum atomic E-state index is 10.5. The van der Waals surface area contributed by atoms with Crippen LogP contribution in [-0.2, 0) is 9.53 Å². The first-order valence-corrected chi connectivity index (χ1v) is 5.65. The maximum Gasteiger partial charge on any atom is 0.371 e. The summed E-state index contributed by atoms with van der Waals surface area (Å²) in [5.41, 5.74) is 2.86. The molecule has 0 aliphatic rings. The zero-order valence-electron chi connectivity index (χ0n) is 11.5. The molecular formula is C13H17N3O3. The highest BCUT2D eigenvalue weighted by Gasteiger charge is 2.10. The van der Waals surface area contributed by atoms with E-state index in [1.54, 1.807) is 6.92 Å². The fourth-order valence-electron chi connectivity index (χ4n) is 1.35. The van der Waals surface area contributed by atoms with Gasteiger partial charge in [-0.05, 0) is 45.4 Å². The van der Waals surface area contributed by atoms with Crippen LogP contribution in [0.25, 0.3) is 0 Å². The van der Waals surface area contributed by atoms with Crippen molar-refractivity contribution >= 4 is 11.7 Å². The molecule has 1 heterocycles. The monoisotopic (exact) mass is 263 g/mol. The van der Waals surface area contributed by atoms with Crippen LogP contribution in [-0.4, -0.2) is 28.5 Å². The second-order valence-corrected chi connectivity index (χ2v) is 3.71. The number of pyridine rings is 1. The third-order valence-corrected chi connectivity index (χ3v) is 1.90. The lowest BCUT2D eigenvalue weighted by molar-refractivity contribution is -0.135. The predicted octanol–water partition coefficient (Wildman–Crippen LogP) is 1.91. The van der Waals surface area contributed by atoms with E-state index in [4.69, 9.17) is 10.5 Å². The van der Waals surface area contributed by atoms with Crippen LogP contribution in [0.1, 0.15) is 23.9 Å². The van der Waals surface area contributed by atoms with Crippen LogP contribution in [0.2, 0.25) is 0 Å². The van der Waals surface area contributed by atoms with E-state index >= 15 is 0 Å². The lowest BCUT2D eigenvalue weighted by Crippen LogP contribution is -2.15. The Morgan fingerprint density at radius 1 is 1.42 bits per heavy atom. The molecule has 6 nitrogen and oxygen atoms in total. The molecule has 1 rings (SSSR count). The van der Waals surface area contributed by atoms with E-state index in [1.165, 1.54) is 11.6 Å². The van der Waals surface area contributed by atoms with Crippen molar-refractivity contribution in [3.05, 3.63) is 29.1 Å². The molecule has 1 aromatic rings. The van der Waals surface area contributed by atoms with Crippen molar-refractivity contribution in [2.75, 3.05) is 6.61 Å². The summed E-state index contributed by atoms with van der Waals surface area (Å²) in [5, 5.41) is 18.5. The molecule has 0 fully saturated rings. The lowest BCUT2D eigenvalue weighted by atomic mass is 10.2. The number of aryl methyl sites for hydroxylation is 3. The van der Waals surface area contributed by atoms with Gasteiger partial charge in [-0.25, -0.2) is 4.79 Å². The summed E-state index contributed by atoms with van der Waals surface area (Å²) in [6.45, 7) is 7.85. The number of hydrogen-bond acceptors (Lipinski definition) is 6. The fraction of sp³-hybridized carbons (Fsp3) is 0.385. The van der Waals surface area contributed by atoms with Gasteiger partial charge in [-0.15, -0.1) is 0 Å². The Labute approximate surface area is 112 Å². The highest BCUT2D eigenvalue weighted by molar-refractivity contribution is 6.42. The summed E-state index contributed by atoms with van der Waals surface area (Å²) in [5.74, 6) is -0.910. The number of aromatic nitrogens is 1. The van der Waals surface area contributed by atoms with Crippen LogP contribution in [0.15, 0.2) is 17.3 Å². The molecule has 0 amide bonds. The van der Waals surface area contributed by atoms with Gasteiger partial charge in [-0.3, -0.25) is 4.98 Å². The van der Waals surface area contributed by atoms with Gasteiger partial charge < -0.3 is 9.94 Å². The average Bonchev–Trinajstić information content (AvgIpc) is 2.29. The van der Waals surface area contributed by atoms with Crippen LogP contribution in [0.3, 0.4) is 0 Å². The minimum atomic E-state index is -0.910. The van der Waals surface area contributed by atoms with Gasteiger partial charge in [-0.2, -0.15) is 5.26 Å². The van der Waals surface area contributed by atoms with E-state index < -0.39 is 11.7 Å². The Kier molecular flexibility index (Phi) is 7.54. The molecule has 0 radical (unpaired) electrons. The number of ether oxygens (including phenoxy) is 1. The Bertz CT molecular complexity index is 454. The maximum absolute atomic E-state index is 10.5. The summed E-state index contributed by atoms with van der Waals surface area (Å²) in [6.07, 6.45) is 0. The number of nitrogens with zero attached hydrogens (tertiary/aromatic N) is 3. The molecule has 0 aliphatic carbocycles. The van der Waals surface area contributed by atoms with Crippen molar-refractivity contribution in [1.29, 1.82) is 5.26 Å². The molecule has 0 saturated heterocycles. The van der Waals surface area contributed by atoms with Gasteiger partial charge in [-0.1, -0.05) is 5.16 Å². The van der Waals surface area contributed by atoms with Crippen LogP contribution in [0, 0.1) is 32.1 Å². The van der Waals surface area contributed by atoms with Crippen LogP contribution in [0.5, 0.6) is 0 Å². The first-order chi connectivity index (χ1) is 8.94. The third kappa shape index (κ3) is 6.78.